The number of amides is 1. The minimum Gasteiger partial charge on any atom is -0.267 e. The summed E-state index contributed by atoms with van der Waals surface area (Å²) in [6.45, 7) is 0. The number of nitrogens with zero attached hydrogens (tertiary/aromatic N) is 1. The van der Waals surface area contributed by atoms with Gasteiger partial charge in [-0.3, -0.25) is 4.79 Å². The third-order valence-corrected chi connectivity index (χ3v) is 3.47. The molecule has 0 fully saturated rings. The maximum Gasteiger partial charge on any atom is 0.272 e. The highest BCUT2D eigenvalue weighted by atomic mass is 79.9. The van der Waals surface area contributed by atoms with Crippen LogP contribution in [0.3, 0.4) is 0 Å². The first kappa shape index (κ1) is 14.5. The molecule has 0 aliphatic heterocycles. The summed E-state index contributed by atoms with van der Waals surface area (Å²) in [4.78, 5) is 11.8. The quantitative estimate of drug-likeness (QED) is 0.657. The van der Waals surface area contributed by atoms with Gasteiger partial charge in [-0.25, -0.2) is 5.43 Å². The second-order valence-electron chi connectivity index (χ2n) is 4.26. The monoisotopic (exact) mass is 330 g/mol. The van der Waals surface area contributed by atoms with Crippen molar-refractivity contribution in [3.63, 3.8) is 0 Å². The van der Waals surface area contributed by atoms with Crippen LogP contribution in [-0.4, -0.2) is 12.1 Å². The van der Waals surface area contributed by atoms with Gasteiger partial charge in [-0.2, -0.15) is 5.10 Å². The second-order valence-corrected chi connectivity index (χ2v) is 5.11. The number of carbonyl (C=O) groups excluding carboxylic acids is 1. The van der Waals surface area contributed by atoms with Gasteiger partial charge >= 0.3 is 0 Å². The standard InChI is InChI=1S/C16H15BrN2O/c17-15-11-5-4-10-14(15)16(20)19-18-12-6-9-13-7-2-1-3-8-13/h1-5,7-8,10-12H,6,9H2,(H,19,20)/b18-12+. The van der Waals surface area contributed by atoms with Gasteiger partial charge < -0.3 is 0 Å². The van der Waals surface area contributed by atoms with E-state index in [0.717, 1.165) is 17.3 Å². The summed E-state index contributed by atoms with van der Waals surface area (Å²) in [5.41, 5.74) is 4.36. The molecule has 0 aliphatic carbocycles. The van der Waals surface area contributed by atoms with Gasteiger partial charge in [-0.1, -0.05) is 42.5 Å². The second kappa shape index (κ2) is 7.60. The van der Waals surface area contributed by atoms with E-state index in [1.165, 1.54) is 5.56 Å². The van der Waals surface area contributed by atoms with E-state index in [1.54, 1.807) is 12.3 Å². The van der Waals surface area contributed by atoms with Gasteiger partial charge in [-0.05, 0) is 46.5 Å². The van der Waals surface area contributed by atoms with Gasteiger partial charge in [0.1, 0.15) is 0 Å². The van der Waals surface area contributed by atoms with E-state index in [1.807, 2.05) is 36.4 Å². The van der Waals surface area contributed by atoms with E-state index in [-0.39, 0.29) is 5.91 Å². The molecular formula is C16H15BrN2O. The Morgan fingerprint density at radius 1 is 1.10 bits per heavy atom. The number of benzene rings is 2. The molecule has 0 radical (unpaired) electrons. The zero-order chi connectivity index (χ0) is 14.2. The van der Waals surface area contributed by atoms with Crippen LogP contribution in [0.4, 0.5) is 0 Å². The molecular weight excluding hydrogens is 316 g/mol. The molecule has 2 aromatic rings. The Morgan fingerprint density at radius 2 is 1.80 bits per heavy atom. The fraction of sp³-hybridized carbons (Fsp3) is 0.125. The van der Waals surface area contributed by atoms with E-state index in [2.05, 4.69) is 38.6 Å². The van der Waals surface area contributed by atoms with Crippen LogP contribution >= 0.6 is 15.9 Å². The Morgan fingerprint density at radius 3 is 2.55 bits per heavy atom. The first-order chi connectivity index (χ1) is 9.77. The van der Waals surface area contributed by atoms with Crippen LogP contribution in [0.5, 0.6) is 0 Å². The highest BCUT2D eigenvalue weighted by Crippen LogP contribution is 2.15. The van der Waals surface area contributed by atoms with Crippen LogP contribution in [0.15, 0.2) is 64.2 Å². The van der Waals surface area contributed by atoms with Crippen LogP contribution in [0.2, 0.25) is 0 Å². The van der Waals surface area contributed by atoms with Crippen molar-refractivity contribution in [1.82, 2.24) is 5.43 Å². The van der Waals surface area contributed by atoms with Gasteiger partial charge in [0.15, 0.2) is 0 Å². The number of rotatable bonds is 5. The average Bonchev–Trinajstić information content (AvgIpc) is 2.48. The van der Waals surface area contributed by atoms with Crippen LogP contribution in [0.25, 0.3) is 0 Å². The maximum atomic E-state index is 11.8. The first-order valence-electron chi connectivity index (χ1n) is 6.37. The van der Waals surface area contributed by atoms with E-state index in [0.29, 0.717) is 5.56 Å². The highest BCUT2D eigenvalue weighted by molar-refractivity contribution is 9.10. The van der Waals surface area contributed by atoms with E-state index < -0.39 is 0 Å². The van der Waals surface area contributed by atoms with Crippen molar-refractivity contribution in [3.8, 4) is 0 Å². The molecule has 4 heteroatoms. The van der Waals surface area contributed by atoms with Crippen molar-refractivity contribution in [2.75, 3.05) is 0 Å². The first-order valence-corrected chi connectivity index (χ1v) is 7.17. The van der Waals surface area contributed by atoms with E-state index >= 15 is 0 Å². The maximum absolute atomic E-state index is 11.8. The summed E-state index contributed by atoms with van der Waals surface area (Å²) in [5, 5.41) is 3.96. The molecule has 0 heterocycles. The number of aryl methyl sites for hydroxylation is 1. The third-order valence-electron chi connectivity index (χ3n) is 2.78. The number of hydrazone groups is 1. The SMILES string of the molecule is O=C(N/N=C/CCc1ccccc1)c1ccccc1Br. The average molecular weight is 331 g/mol. The lowest BCUT2D eigenvalue weighted by atomic mass is 10.1. The summed E-state index contributed by atoms with van der Waals surface area (Å²) in [6.07, 6.45) is 3.43. The molecule has 0 atom stereocenters. The molecule has 0 aliphatic rings. The van der Waals surface area contributed by atoms with Crippen LogP contribution in [0, 0.1) is 0 Å². The summed E-state index contributed by atoms with van der Waals surface area (Å²) in [6, 6.07) is 17.4. The Hall–Kier alpha value is -1.94. The van der Waals surface area contributed by atoms with Gasteiger partial charge in [0, 0.05) is 10.7 Å². The molecule has 0 spiro atoms. The largest absolute Gasteiger partial charge is 0.272 e. The summed E-state index contributed by atoms with van der Waals surface area (Å²) >= 11 is 3.34. The van der Waals surface area contributed by atoms with Crippen LogP contribution in [0.1, 0.15) is 22.3 Å². The van der Waals surface area contributed by atoms with Crippen molar-refractivity contribution in [2.24, 2.45) is 5.10 Å². The summed E-state index contributed by atoms with van der Waals surface area (Å²) in [7, 11) is 0. The van der Waals surface area contributed by atoms with Crippen LogP contribution < -0.4 is 5.43 Å². The zero-order valence-electron chi connectivity index (χ0n) is 10.9. The van der Waals surface area contributed by atoms with E-state index in [9.17, 15) is 4.79 Å². The molecule has 0 unspecified atom stereocenters. The Balaban J connectivity index is 1.79. The molecule has 2 aromatic carbocycles. The molecule has 0 saturated heterocycles. The molecule has 20 heavy (non-hydrogen) atoms. The predicted octanol–water partition coefficient (Wildman–Crippen LogP) is 3.80. The lowest BCUT2D eigenvalue weighted by molar-refractivity contribution is 0.0954. The molecule has 1 N–H and O–H groups in total. The number of hydrogen-bond acceptors (Lipinski definition) is 2. The van der Waals surface area contributed by atoms with Crippen molar-refractivity contribution in [3.05, 3.63) is 70.2 Å². The topological polar surface area (TPSA) is 41.5 Å². The van der Waals surface area contributed by atoms with Gasteiger partial charge in [-0.15, -0.1) is 0 Å². The summed E-state index contributed by atoms with van der Waals surface area (Å²) in [5.74, 6) is -0.214. The minimum atomic E-state index is -0.214. The van der Waals surface area contributed by atoms with Crippen molar-refractivity contribution >= 4 is 28.1 Å². The molecule has 1 amide bonds. The van der Waals surface area contributed by atoms with Gasteiger partial charge in [0.25, 0.3) is 5.91 Å². The van der Waals surface area contributed by atoms with Crippen molar-refractivity contribution in [2.45, 2.75) is 12.8 Å². The molecule has 0 saturated carbocycles. The summed E-state index contributed by atoms with van der Waals surface area (Å²) < 4.78 is 0.761. The normalized spacial score (nSPS) is 10.7. The molecule has 0 bridgehead atoms. The third kappa shape index (κ3) is 4.31. The lowest BCUT2D eigenvalue weighted by Gasteiger charge is -2.01. The van der Waals surface area contributed by atoms with Crippen molar-refractivity contribution < 1.29 is 4.79 Å². The van der Waals surface area contributed by atoms with E-state index in [4.69, 9.17) is 0 Å². The number of carbonyl (C=O) groups is 1. The highest BCUT2D eigenvalue weighted by Gasteiger charge is 2.06. The fourth-order valence-corrected chi connectivity index (χ4v) is 2.22. The Kier molecular flexibility index (Phi) is 5.50. The van der Waals surface area contributed by atoms with Crippen LogP contribution in [-0.2, 0) is 6.42 Å². The minimum absolute atomic E-state index is 0.214. The smallest absolute Gasteiger partial charge is 0.267 e. The number of nitrogens with one attached hydrogen (secondary N) is 1. The Labute approximate surface area is 126 Å². The van der Waals surface area contributed by atoms with Gasteiger partial charge in [0.2, 0.25) is 0 Å². The fourth-order valence-electron chi connectivity index (χ4n) is 1.75. The number of hydrogen-bond donors (Lipinski definition) is 1. The lowest BCUT2D eigenvalue weighted by Crippen LogP contribution is -2.17. The number of halogens is 1. The van der Waals surface area contributed by atoms with Gasteiger partial charge in [0.05, 0.1) is 5.56 Å². The molecule has 0 aromatic heterocycles. The molecule has 2 rings (SSSR count). The molecule has 102 valence electrons. The molecule has 3 nitrogen and oxygen atoms in total. The zero-order valence-corrected chi connectivity index (χ0v) is 12.5. The predicted molar refractivity (Wildman–Crippen MR) is 84.9 cm³/mol. The Bertz CT molecular complexity index is 596. The van der Waals surface area contributed by atoms with Crippen molar-refractivity contribution in [1.29, 1.82) is 0 Å².